The molecule has 3 aromatic heterocycles. The highest BCUT2D eigenvalue weighted by molar-refractivity contribution is 6.02. The zero-order valence-corrected chi connectivity index (χ0v) is 23.2. The van der Waals surface area contributed by atoms with Gasteiger partial charge in [-0.25, -0.2) is 14.9 Å². The Morgan fingerprint density at radius 3 is 2.21 bits per heavy atom. The monoisotopic (exact) mass is 502 g/mol. The second kappa shape index (κ2) is 8.80. The Morgan fingerprint density at radius 2 is 1.55 bits per heavy atom. The maximum Gasteiger partial charge on any atom is 0.237 e. The normalized spacial score (nSPS) is 14.3. The predicted octanol–water partition coefficient (Wildman–Crippen LogP) is 8.95. The lowest BCUT2D eigenvalue weighted by atomic mass is 9.73. The molecule has 0 atom stereocenters. The van der Waals surface area contributed by atoms with Crippen LogP contribution in [0.3, 0.4) is 0 Å². The zero-order chi connectivity index (χ0) is 26.8. The molecule has 0 unspecified atom stereocenters. The van der Waals surface area contributed by atoms with E-state index in [1.165, 1.54) is 5.56 Å². The highest BCUT2D eigenvalue weighted by Gasteiger charge is 2.43. The Morgan fingerprint density at radius 1 is 0.842 bits per heavy atom. The van der Waals surface area contributed by atoms with Crippen LogP contribution >= 0.6 is 0 Å². The van der Waals surface area contributed by atoms with Crippen molar-refractivity contribution in [2.45, 2.75) is 65.7 Å². The van der Waals surface area contributed by atoms with Gasteiger partial charge < -0.3 is 4.42 Å². The van der Waals surface area contributed by atoms with Crippen molar-refractivity contribution >= 4 is 28.5 Å². The minimum absolute atomic E-state index is 0.278. The molecule has 5 heteroatoms. The fraction of sp³-hybridized carbons (Fsp3) is 0.303. The number of hydrogen-bond donors (Lipinski definition) is 0. The van der Waals surface area contributed by atoms with Crippen LogP contribution in [-0.4, -0.2) is 15.0 Å². The first-order valence-corrected chi connectivity index (χ1v) is 13.4. The number of rotatable bonds is 4. The van der Waals surface area contributed by atoms with E-state index >= 15 is 0 Å². The van der Waals surface area contributed by atoms with Gasteiger partial charge in [0.25, 0.3) is 0 Å². The molecule has 0 spiro atoms. The van der Waals surface area contributed by atoms with Gasteiger partial charge >= 0.3 is 0 Å². The SMILES string of the molecule is Cc1ccc(-c2cccc3oc4c(c23)C(C)(C)c2ccccc2N4c2nc(C(C)C)cc(C(C)C)n2)nc1. The van der Waals surface area contributed by atoms with Crippen LogP contribution in [0.5, 0.6) is 0 Å². The smallest absolute Gasteiger partial charge is 0.237 e. The number of hydrogen-bond acceptors (Lipinski definition) is 5. The summed E-state index contributed by atoms with van der Waals surface area (Å²) in [4.78, 5) is 17.1. The third-order valence-corrected chi connectivity index (χ3v) is 7.67. The van der Waals surface area contributed by atoms with Gasteiger partial charge in [0.15, 0.2) is 0 Å². The van der Waals surface area contributed by atoms with E-state index in [1.807, 2.05) is 12.3 Å². The molecular formula is C33H34N4O. The molecule has 38 heavy (non-hydrogen) atoms. The molecule has 5 aromatic rings. The fourth-order valence-corrected chi connectivity index (χ4v) is 5.52. The van der Waals surface area contributed by atoms with Gasteiger partial charge in [0.2, 0.25) is 11.8 Å². The van der Waals surface area contributed by atoms with Crippen LogP contribution in [0.15, 0.2) is 71.3 Å². The Labute approximate surface area is 224 Å². The first-order chi connectivity index (χ1) is 18.2. The van der Waals surface area contributed by atoms with Gasteiger partial charge in [0.1, 0.15) is 5.58 Å². The maximum absolute atomic E-state index is 6.75. The molecule has 0 radical (unpaired) electrons. The summed E-state index contributed by atoms with van der Waals surface area (Å²) in [5.74, 6) is 1.98. The number of aromatic nitrogens is 3. The van der Waals surface area contributed by atoms with Crippen molar-refractivity contribution in [1.82, 2.24) is 15.0 Å². The lowest BCUT2D eigenvalue weighted by molar-refractivity contribution is 0.568. The van der Waals surface area contributed by atoms with Gasteiger partial charge in [-0.1, -0.05) is 77.9 Å². The number of nitrogens with zero attached hydrogens (tertiary/aromatic N) is 4. The van der Waals surface area contributed by atoms with Gasteiger partial charge in [-0.2, -0.15) is 0 Å². The molecule has 0 aliphatic carbocycles. The van der Waals surface area contributed by atoms with Crippen LogP contribution in [0.2, 0.25) is 0 Å². The van der Waals surface area contributed by atoms with Crippen LogP contribution in [-0.2, 0) is 5.41 Å². The molecule has 192 valence electrons. The molecule has 2 aromatic carbocycles. The van der Waals surface area contributed by atoms with Gasteiger partial charge in [0.05, 0.1) is 11.4 Å². The van der Waals surface area contributed by atoms with Crippen LogP contribution < -0.4 is 4.90 Å². The maximum atomic E-state index is 6.75. The van der Waals surface area contributed by atoms with E-state index in [0.29, 0.717) is 5.95 Å². The van der Waals surface area contributed by atoms with Crippen molar-refractivity contribution in [3.63, 3.8) is 0 Å². The van der Waals surface area contributed by atoms with Gasteiger partial charge in [-0.15, -0.1) is 0 Å². The lowest BCUT2D eigenvalue weighted by Gasteiger charge is -2.38. The largest absolute Gasteiger partial charge is 0.439 e. The predicted molar refractivity (Wildman–Crippen MR) is 155 cm³/mol. The highest BCUT2D eigenvalue weighted by atomic mass is 16.4. The van der Waals surface area contributed by atoms with Crippen molar-refractivity contribution in [1.29, 1.82) is 0 Å². The summed E-state index contributed by atoms with van der Waals surface area (Å²) < 4.78 is 6.75. The molecule has 5 nitrogen and oxygen atoms in total. The first-order valence-electron chi connectivity index (χ1n) is 13.4. The second-order valence-electron chi connectivity index (χ2n) is 11.5. The van der Waals surface area contributed by atoms with Crippen LogP contribution in [0, 0.1) is 6.92 Å². The van der Waals surface area contributed by atoms with Gasteiger partial charge in [0, 0.05) is 39.5 Å². The Hall–Kier alpha value is -3.99. The summed E-state index contributed by atoms with van der Waals surface area (Å²) in [6, 6.07) is 21.1. The van der Waals surface area contributed by atoms with E-state index in [1.54, 1.807) is 0 Å². The van der Waals surface area contributed by atoms with E-state index < -0.39 is 0 Å². The minimum atomic E-state index is -0.314. The zero-order valence-electron chi connectivity index (χ0n) is 23.2. The molecule has 4 heterocycles. The van der Waals surface area contributed by atoms with E-state index in [0.717, 1.165) is 56.3 Å². The van der Waals surface area contributed by atoms with E-state index in [-0.39, 0.29) is 17.3 Å². The molecular weight excluding hydrogens is 468 g/mol. The van der Waals surface area contributed by atoms with E-state index in [4.69, 9.17) is 19.4 Å². The van der Waals surface area contributed by atoms with Crippen molar-refractivity contribution < 1.29 is 4.42 Å². The number of fused-ring (bicyclic) bond motifs is 4. The average Bonchev–Trinajstić information content (AvgIpc) is 3.29. The number of pyridine rings is 1. The standard InChI is InChI=1S/C33H34N4O/c1-19(2)25-17-26(20(3)4)36-32(35-25)37-27-13-9-8-12-23(27)33(6,7)30-29-22(24-16-15-21(5)18-34-24)11-10-14-28(29)38-31(30)37/h8-20H,1-7H3. The number of benzene rings is 2. The molecule has 0 amide bonds. The quantitative estimate of drug-likeness (QED) is 0.245. The summed E-state index contributed by atoms with van der Waals surface area (Å²) in [7, 11) is 0. The summed E-state index contributed by atoms with van der Waals surface area (Å²) in [6.07, 6.45) is 1.92. The van der Waals surface area contributed by atoms with Crippen LogP contribution in [0.25, 0.3) is 22.2 Å². The molecule has 1 aliphatic heterocycles. The molecule has 0 saturated carbocycles. The number of furan rings is 1. The number of aryl methyl sites for hydroxylation is 1. The number of para-hydroxylation sites is 1. The molecule has 0 fully saturated rings. The summed E-state index contributed by atoms with van der Waals surface area (Å²) in [5, 5.41) is 1.09. The fourth-order valence-electron chi connectivity index (χ4n) is 5.52. The van der Waals surface area contributed by atoms with Crippen molar-refractivity contribution in [3.8, 4) is 11.3 Å². The average molecular weight is 503 g/mol. The van der Waals surface area contributed by atoms with Crippen LogP contribution in [0.1, 0.15) is 81.5 Å². The second-order valence-corrected chi connectivity index (χ2v) is 11.5. The Bertz CT molecular complexity index is 1630. The Kier molecular flexibility index (Phi) is 5.64. The molecule has 0 saturated heterocycles. The van der Waals surface area contributed by atoms with Crippen molar-refractivity contribution in [3.05, 3.63) is 94.9 Å². The molecule has 6 rings (SSSR count). The summed E-state index contributed by atoms with van der Waals surface area (Å²) >= 11 is 0. The minimum Gasteiger partial charge on any atom is -0.439 e. The van der Waals surface area contributed by atoms with Gasteiger partial charge in [-0.05, 0) is 54.2 Å². The topological polar surface area (TPSA) is 55.1 Å². The Balaban J connectivity index is 1.70. The van der Waals surface area contributed by atoms with Crippen LogP contribution in [0.4, 0.5) is 17.5 Å². The molecule has 0 N–H and O–H groups in total. The first kappa shape index (κ1) is 24.4. The van der Waals surface area contributed by atoms with E-state index in [2.05, 4.69) is 108 Å². The van der Waals surface area contributed by atoms with Gasteiger partial charge in [-0.3, -0.25) is 4.98 Å². The molecule has 1 aliphatic rings. The third-order valence-electron chi connectivity index (χ3n) is 7.67. The third kappa shape index (κ3) is 3.72. The summed E-state index contributed by atoms with van der Waals surface area (Å²) in [6.45, 7) is 15.3. The summed E-state index contributed by atoms with van der Waals surface area (Å²) in [5.41, 5.74) is 9.13. The molecule has 0 bridgehead atoms. The lowest BCUT2D eigenvalue weighted by Crippen LogP contribution is -2.31. The highest BCUT2D eigenvalue weighted by Crippen LogP contribution is 2.56. The van der Waals surface area contributed by atoms with Crippen molar-refractivity contribution in [2.24, 2.45) is 0 Å². The van der Waals surface area contributed by atoms with E-state index in [9.17, 15) is 0 Å². The number of anilines is 3. The van der Waals surface area contributed by atoms with Crippen molar-refractivity contribution in [2.75, 3.05) is 4.90 Å².